The van der Waals surface area contributed by atoms with E-state index in [1.54, 1.807) is 0 Å². The lowest BCUT2D eigenvalue weighted by Crippen LogP contribution is -2.50. The van der Waals surface area contributed by atoms with Crippen LogP contribution in [0.2, 0.25) is 0 Å². The lowest BCUT2D eigenvalue weighted by molar-refractivity contribution is -0.0502. The maximum absolute atomic E-state index is 9.54. The summed E-state index contributed by atoms with van der Waals surface area (Å²) in [5.74, 6) is 0.986. The number of halogens is 1. The molecule has 2 atom stereocenters. The van der Waals surface area contributed by atoms with Gasteiger partial charge in [0.15, 0.2) is 5.96 Å². The Morgan fingerprint density at radius 1 is 1.19 bits per heavy atom. The molecule has 2 heterocycles. The zero-order chi connectivity index (χ0) is 21.4. The number of guanidine groups is 1. The third kappa shape index (κ3) is 6.79. The van der Waals surface area contributed by atoms with Gasteiger partial charge in [0.2, 0.25) is 0 Å². The van der Waals surface area contributed by atoms with Crippen LogP contribution in [0.1, 0.15) is 45.6 Å². The van der Waals surface area contributed by atoms with Gasteiger partial charge in [-0.25, -0.2) is 0 Å². The van der Waals surface area contributed by atoms with Crippen molar-refractivity contribution in [1.29, 1.82) is 0 Å². The van der Waals surface area contributed by atoms with Gasteiger partial charge in [0.05, 0.1) is 18.8 Å². The van der Waals surface area contributed by atoms with Gasteiger partial charge in [-0.15, -0.1) is 24.0 Å². The number of morpholine rings is 1. The van der Waals surface area contributed by atoms with Crippen LogP contribution in [0.15, 0.2) is 35.3 Å². The number of aliphatic hydroxyl groups excluding tert-OH is 1. The van der Waals surface area contributed by atoms with E-state index >= 15 is 0 Å². The average molecular weight is 545 g/mol. The van der Waals surface area contributed by atoms with E-state index in [1.807, 2.05) is 0 Å². The van der Waals surface area contributed by atoms with E-state index in [9.17, 15) is 5.11 Å². The second-order valence-electron chi connectivity index (χ2n) is 8.69. The zero-order valence-corrected chi connectivity index (χ0v) is 21.8. The van der Waals surface area contributed by atoms with Crippen molar-refractivity contribution in [2.24, 2.45) is 10.4 Å². The molecule has 1 aromatic rings. The molecule has 2 aliphatic heterocycles. The van der Waals surface area contributed by atoms with Gasteiger partial charge in [0, 0.05) is 45.9 Å². The lowest BCUT2D eigenvalue weighted by atomic mass is 9.79. The lowest BCUT2D eigenvalue weighted by Gasteiger charge is -2.36. The predicted octanol–water partition coefficient (Wildman–Crippen LogP) is 3.34. The number of fused-ring (bicyclic) bond motifs is 1. The average Bonchev–Trinajstić information content (AvgIpc) is 3.22. The molecule has 3 rings (SSSR count). The highest BCUT2D eigenvalue weighted by atomic mass is 127. The highest BCUT2D eigenvalue weighted by molar-refractivity contribution is 14.0. The Kier molecular flexibility index (Phi) is 11.0. The smallest absolute Gasteiger partial charge is 0.194 e. The van der Waals surface area contributed by atoms with Gasteiger partial charge in [0.25, 0.3) is 0 Å². The first-order chi connectivity index (χ1) is 14.6. The molecule has 2 aliphatic rings. The quantitative estimate of drug-likeness (QED) is 0.284. The van der Waals surface area contributed by atoms with Crippen molar-refractivity contribution in [2.75, 3.05) is 45.9 Å². The third-order valence-electron chi connectivity index (χ3n) is 6.99. The Morgan fingerprint density at radius 3 is 2.58 bits per heavy atom. The van der Waals surface area contributed by atoms with E-state index in [4.69, 9.17) is 9.73 Å². The Morgan fingerprint density at radius 2 is 1.94 bits per heavy atom. The minimum atomic E-state index is 0. The highest BCUT2D eigenvalue weighted by Gasteiger charge is 2.41. The molecule has 0 bridgehead atoms. The fourth-order valence-electron chi connectivity index (χ4n) is 4.76. The van der Waals surface area contributed by atoms with Gasteiger partial charge in [0.1, 0.15) is 0 Å². The van der Waals surface area contributed by atoms with Crippen LogP contribution >= 0.6 is 24.0 Å². The van der Waals surface area contributed by atoms with E-state index in [-0.39, 0.29) is 42.1 Å². The van der Waals surface area contributed by atoms with E-state index in [0.717, 1.165) is 71.1 Å². The van der Waals surface area contributed by atoms with Gasteiger partial charge in [-0.2, -0.15) is 0 Å². The molecule has 0 radical (unpaired) electrons. The van der Waals surface area contributed by atoms with Gasteiger partial charge < -0.3 is 20.1 Å². The summed E-state index contributed by atoms with van der Waals surface area (Å²) in [6, 6.07) is 11.1. The highest BCUT2D eigenvalue weighted by Crippen LogP contribution is 2.31. The van der Waals surface area contributed by atoms with E-state index < -0.39 is 0 Å². The number of aliphatic hydroxyl groups is 1. The molecular formula is C24H41IN4O2. The first kappa shape index (κ1) is 26.4. The molecule has 0 saturated carbocycles. The summed E-state index contributed by atoms with van der Waals surface area (Å²) in [6.07, 6.45) is 3.10. The molecular weight excluding hydrogens is 503 g/mol. The van der Waals surface area contributed by atoms with Gasteiger partial charge in [-0.05, 0) is 37.2 Å². The summed E-state index contributed by atoms with van der Waals surface area (Å²) in [4.78, 5) is 9.98. The molecule has 176 valence electrons. The van der Waals surface area contributed by atoms with Crippen molar-refractivity contribution in [1.82, 2.24) is 15.1 Å². The Bertz CT molecular complexity index is 669. The monoisotopic (exact) mass is 544 g/mol. The summed E-state index contributed by atoms with van der Waals surface area (Å²) in [6.45, 7) is 12.9. The second-order valence-corrected chi connectivity index (χ2v) is 8.69. The van der Waals surface area contributed by atoms with Crippen LogP contribution in [0, 0.1) is 5.41 Å². The Hall–Kier alpha value is -0.900. The number of rotatable bonds is 9. The molecule has 0 amide bonds. The SMILES string of the molecule is CCNC(=NCC(CC)(CC)CCO)N1CC2OCCN(Cc3ccccc3)C2C1.I. The molecule has 2 N–H and O–H groups in total. The maximum atomic E-state index is 9.54. The number of nitrogens with one attached hydrogen (secondary N) is 1. The summed E-state index contributed by atoms with van der Waals surface area (Å²) in [7, 11) is 0. The van der Waals surface area contributed by atoms with Crippen LogP contribution in [0.3, 0.4) is 0 Å². The van der Waals surface area contributed by atoms with Crippen LogP contribution in [-0.2, 0) is 11.3 Å². The minimum absolute atomic E-state index is 0. The second kappa shape index (κ2) is 13.0. The Labute approximate surface area is 205 Å². The van der Waals surface area contributed by atoms with Crippen molar-refractivity contribution in [3.8, 4) is 0 Å². The van der Waals surface area contributed by atoms with Crippen LogP contribution < -0.4 is 5.32 Å². The number of benzene rings is 1. The van der Waals surface area contributed by atoms with Crippen molar-refractivity contribution in [3.63, 3.8) is 0 Å². The number of hydrogen-bond donors (Lipinski definition) is 2. The van der Waals surface area contributed by atoms with E-state index in [2.05, 4.69) is 66.2 Å². The first-order valence-electron chi connectivity index (χ1n) is 11.7. The normalized spacial score (nSPS) is 22.2. The third-order valence-corrected chi connectivity index (χ3v) is 6.99. The molecule has 2 saturated heterocycles. The Balaban J connectivity index is 0.00000341. The van der Waals surface area contributed by atoms with Crippen LogP contribution in [-0.4, -0.2) is 78.9 Å². The minimum Gasteiger partial charge on any atom is -0.396 e. The predicted molar refractivity (Wildman–Crippen MR) is 138 cm³/mol. The van der Waals surface area contributed by atoms with Crippen LogP contribution in [0.5, 0.6) is 0 Å². The standard InChI is InChI=1S/C24H40N4O2.HI/c1-4-24(5-2,12-14-29)19-26-23(25-6-3)28-17-21-22(18-28)30-15-13-27(21)16-20-10-8-7-9-11-20;/h7-11,21-22,29H,4-6,12-19H2,1-3H3,(H,25,26);1H. The van der Waals surface area contributed by atoms with Crippen molar-refractivity contribution < 1.29 is 9.84 Å². The maximum Gasteiger partial charge on any atom is 0.194 e. The van der Waals surface area contributed by atoms with E-state index in [0.29, 0.717) is 6.04 Å². The molecule has 1 aromatic carbocycles. The molecule has 7 heteroatoms. The number of hydrogen-bond acceptors (Lipinski definition) is 4. The molecule has 6 nitrogen and oxygen atoms in total. The number of ether oxygens (including phenoxy) is 1. The van der Waals surface area contributed by atoms with Crippen LogP contribution in [0.4, 0.5) is 0 Å². The zero-order valence-electron chi connectivity index (χ0n) is 19.4. The molecule has 0 aromatic heterocycles. The summed E-state index contributed by atoms with van der Waals surface area (Å²) < 4.78 is 6.16. The van der Waals surface area contributed by atoms with E-state index in [1.165, 1.54) is 5.56 Å². The summed E-state index contributed by atoms with van der Waals surface area (Å²) in [5.41, 5.74) is 1.44. The molecule has 0 spiro atoms. The fourth-order valence-corrected chi connectivity index (χ4v) is 4.76. The largest absolute Gasteiger partial charge is 0.396 e. The number of aliphatic imine (C=N–C) groups is 1. The number of likely N-dealkylation sites (tertiary alicyclic amines) is 1. The summed E-state index contributed by atoms with van der Waals surface area (Å²) >= 11 is 0. The van der Waals surface area contributed by atoms with Gasteiger partial charge >= 0.3 is 0 Å². The fraction of sp³-hybridized carbons (Fsp3) is 0.708. The molecule has 2 fully saturated rings. The van der Waals surface area contributed by atoms with Crippen molar-refractivity contribution in [2.45, 2.75) is 58.7 Å². The van der Waals surface area contributed by atoms with Gasteiger partial charge in [-0.3, -0.25) is 9.89 Å². The first-order valence-corrected chi connectivity index (χ1v) is 11.7. The molecule has 31 heavy (non-hydrogen) atoms. The van der Waals surface area contributed by atoms with Crippen molar-refractivity contribution in [3.05, 3.63) is 35.9 Å². The molecule has 2 unspecified atom stereocenters. The van der Waals surface area contributed by atoms with Crippen molar-refractivity contribution >= 4 is 29.9 Å². The topological polar surface area (TPSA) is 60.3 Å². The number of nitrogens with zero attached hydrogens (tertiary/aromatic N) is 3. The summed E-state index contributed by atoms with van der Waals surface area (Å²) in [5, 5.41) is 13.0. The van der Waals surface area contributed by atoms with Crippen LogP contribution in [0.25, 0.3) is 0 Å². The molecule has 0 aliphatic carbocycles. The van der Waals surface area contributed by atoms with Gasteiger partial charge in [-0.1, -0.05) is 44.2 Å².